The number of nitrogens with one attached hydrogen (secondary N) is 1. The molecular formula is C32H38N2O4. The minimum absolute atomic E-state index is 0.0338. The first-order valence-corrected chi connectivity index (χ1v) is 13.9. The van der Waals surface area contributed by atoms with Crippen LogP contribution in [0.2, 0.25) is 0 Å². The molecule has 2 aliphatic rings. The number of amides is 1. The fourth-order valence-corrected chi connectivity index (χ4v) is 6.20. The first kappa shape index (κ1) is 26.4. The van der Waals surface area contributed by atoms with Crippen LogP contribution in [0.4, 0.5) is 0 Å². The molecule has 2 fully saturated rings. The highest BCUT2D eigenvalue weighted by molar-refractivity contribution is 5.98. The van der Waals surface area contributed by atoms with Gasteiger partial charge < -0.3 is 4.74 Å². The van der Waals surface area contributed by atoms with Gasteiger partial charge >= 0.3 is 0 Å². The number of para-hydroxylation sites is 1. The van der Waals surface area contributed by atoms with Gasteiger partial charge in [-0.1, -0.05) is 50.6 Å². The minimum Gasteiger partial charge on any atom is -0.489 e. The Bertz CT molecular complexity index is 1320. The van der Waals surface area contributed by atoms with Gasteiger partial charge in [-0.15, -0.1) is 0 Å². The van der Waals surface area contributed by atoms with E-state index in [0.717, 1.165) is 59.2 Å². The van der Waals surface area contributed by atoms with E-state index in [9.17, 15) is 14.8 Å². The molecule has 0 radical (unpaired) electrons. The van der Waals surface area contributed by atoms with Crippen LogP contribution < -0.4 is 10.2 Å². The Morgan fingerprint density at radius 1 is 1.13 bits per heavy atom. The zero-order chi connectivity index (χ0) is 26.9. The highest BCUT2D eigenvalue weighted by Crippen LogP contribution is 2.59. The Morgan fingerprint density at radius 3 is 2.58 bits per heavy atom. The molecule has 6 heteroatoms. The first-order chi connectivity index (χ1) is 18.3. The summed E-state index contributed by atoms with van der Waals surface area (Å²) in [7, 11) is 0. The van der Waals surface area contributed by atoms with Crippen molar-refractivity contribution in [2.45, 2.75) is 65.9 Å². The number of ether oxygens (including phenoxy) is 1. The Labute approximate surface area is 224 Å². The molecule has 6 nitrogen and oxygen atoms in total. The van der Waals surface area contributed by atoms with Gasteiger partial charge in [0.05, 0.1) is 11.4 Å². The number of fused-ring (bicyclic) bond motifs is 1. The number of aromatic nitrogens is 1. The van der Waals surface area contributed by atoms with Crippen LogP contribution in [-0.2, 0) is 22.6 Å². The number of pyridine rings is 1. The maximum atomic E-state index is 13.8. The summed E-state index contributed by atoms with van der Waals surface area (Å²) in [5.41, 5.74) is 5.08. The van der Waals surface area contributed by atoms with Crippen LogP contribution in [0, 0.1) is 36.0 Å². The molecule has 1 heterocycles. The van der Waals surface area contributed by atoms with Gasteiger partial charge in [-0.25, -0.2) is 5.48 Å². The van der Waals surface area contributed by atoms with Gasteiger partial charge in [0.25, 0.3) is 0 Å². The van der Waals surface area contributed by atoms with Crippen molar-refractivity contribution in [3.05, 3.63) is 71.4 Å². The molecule has 0 bridgehead atoms. The number of ketones is 1. The molecule has 3 aromatic rings. The zero-order valence-electron chi connectivity index (χ0n) is 22.6. The minimum atomic E-state index is -0.718. The Balaban J connectivity index is 1.27. The molecule has 1 aromatic heterocycles. The molecular weight excluding hydrogens is 476 g/mol. The summed E-state index contributed by atoms with van der Waals surface area (Å²) in [4.78, 5) is 30.7. The third-order valence-electron chi connectivity index (χ3n) is 8.63. The van der Waals surface area contributed by atoms with Gasteiger partial charge in [0, 0.05) is 28.0 Å². The van der Waals surface area contributed by atoms with E-state index in [2.05, 4.69) is 31.0 Å². The molecule has 2 aliphatic carbocycles. The summed E-state index contributed by atoms with van der Waals surface area (Å²) < 4.78 is 6.11. The van der Waals surface area contributed by atoms with Crippen molar-refractivity contribution in [1.29, 1.82) is 0 Å². The highest BCUT2D eigenvalue weighted by atomic mass is 16.5. The van der Waals surface area contributed by atoms with Gasteiger partial charge in [-0.05, 0) is 80.7 Å². The number of carbonyl (C=O) groups is 2. The van der Waals surface area contributed by atoms with Crippen molar-refractivity contribution in [1.82, 2.24) is 10.5 Å². The molecule has 0 aliphatic heterocycles. The second kappa shape index (κ2) is 10.9. The van der Waals surface area contributed by atoms with Crippen molar-refractivity contribution < 1.29 is 19.5 Å². The monoisotopic (exact) mass is 514 g/mol. The number of hydroxylamine groups is 1. The Hall–Kier alpha value is -3.25. The molecule has 0 spiro atoms. The van der Waals surface area contributed by atoms with E-state index < -0.39 is 17.2 Å². The predicted octanol–water partition coefficient (Wildman–Crippen LogP) is 6.21. The lowest BCUT2D eigenvalue weighted by Crippen LogP contribution is -2.40. The van der Waals surface area contributed by atoms with Crippen LogP contribution in [0.1, 0.15) is 62.8 Å². The summed E-state index contributed by atoms with van der Waals surface area (Å²) in [6, 6.07) is 18.0. The second-order valence-corrected chi connectivity index (χ2v) is 11.7. The average molecular weight is 515 g/mol. The number of hydrogen-bond acceptors (Lipinski definition) is 5. The molecule has 2 unspecified atom stereocenters. The quantitative estimate of drug-likeness (QED) is 0.235. The number of nitrogens with zero attached hydrogens (tertiary/aromatic N) is 1. The largest absolute Gasteiger partial charge is 0.489 e. The third kappa shape index (κ3) is 5.32. The number of rotatable bonds is 11. The lowest BCUT2D eigenvalue weighted by Gasteiger charge is -2.38. The zero-order valence-corrected chi connectivity index (χ0v) is 22.6. The Kier molecular flexibility index (Phi) is 7.53. The summed E-state index contributed by atoms with van der Waals surface area (Å²) in [6.07, 6.45) is 5.20. The molecule has 200 valence electrons. The molecule has 0 saturated heterocycles. The van der Waals surface area contributed by atoms with Crippen molar-refractivity contribution in [2.75, 3.05) is 0 Å². The van der Waals surface area contributed by atoms with Crippen molar-refractivity contribution >= 4 is 22.6 Å². The number of Topliss-reactive ketones (excluding diaryl/α,β-unsaturated/α-hetero) is 1. The van der Waals surface area contributed by atoms with Crippen LogP contribution in [0.15, 0.2) is 54.6 Å². The lowest BCUT2D eigenvalue weighted by molar-refractivity contribution is -0.139. The molecule has 38 heavy (non-hydrogen) atoms. The maximum absolute atomic E-state index is 13.8. The van der Waals surface area contributed by atoms with E-state index in [-0.39, 0.29) is 11.7 Å². The van der Waals surface area contributed by atoms with Crippen molar-refractivity contribution in [3.8, 4) is 5.75 Å². The fraction of sp³-hybridized carbons (Fsp3) is 0.469. The smallest absolute Gasteiger partial charge is 0.247 e. The van der Waals surface area contributed by atoms with Crippen LogP contribution >= 0.6 is 0 Å². The van der Waals surface area contributed by atoms with E-state index in [1.807, 2.05) is 49.4 Å². The topological polar surface area (TPSA) is 88.5 Å². The van der Waals surface area contributed by atoms with E-state index in [4.69, 9.17) is 4.74 Å². The molecule has 2 aromatic carbocycles. The summed E-state index contributed by atoms with van der Waals surface area (Å²) in [5, 5.41) is 10.4. The normalized spacial score (nSPS) is 24.2. The second-order valence-electron chi connectivity index (χ2n) is 11.7. The van der Waals surface area contributed by atoms with Crippen LogP contribution in [0.5, 0.6) is 5.75 Å². The molecule has 4 atom stereocenters. The molecule has 2 saturated carbocycles. The van der Waals surface area contributed by atoms with Gasteiger partial charge in [-0.2, -0.15) is 0 Å². The van der Waals surface area contributed by atoms with Gasteiger partial charge in [-0.3, -0.25) is 19.8 Å². The maximum Gasteiger partial charge on any atom is 0.247 e. The summed E-state index contributed by atoms with van der Waals surface area (Å²) in [5.74, 6) is 1.13. The van der Waals surface area contributed by atoms with Crippen LogP contribution in [0.25, 0.3) is 10.9 Å². The van der Waals surface area contributed by atoms with Gasteiger partial charge in [0.1, 0.15) is 18.1 Å². The highest BCUT2D eigenvalue weighted by Gasteiger charge is 2.65. The van der Waals surface area contributed by atoms with Gasteiger partial charge in [0.2, 0.25) is 5.91 Å². The SMILES string of the molecule is Cc1cc(COc2ccc(C[C@]3(C(=O)C4CCC4CCC(C)C)C[C@@H]3C(=O)NO)cc2)c2ccccc2n1. The van der Waals surface area contributed by atoms with Crippen LogP contribution in [-0.4, -0.2) is 21.9 Å². The van der Waals surface area contributed by atoms with Crippen molar-refractivity contribution in [3.63, 3.8) is 0 Å². The summed E-state index contributed by atoms with van der Waals surface area (Å²) in [6.45, 7) is 6.85. The van der Waals surface area contributed by atoms with E-state index in [1.165, 1.54) is 0 Å². The molecule has 5 rings (SSSR count). The van der Waals surface area contributed by atoms with Crippen molar-refractivity contribution in [2.24, 2.45) is 29.1 Å². The number of benzene rings is 2. The van der Waals surface area contributed by atoms with Gasteiger partial charge in [0.15, 0.2) is 0 Å². The standard InChI is InChI=1S/C32H38N2O4/c1-20(2)8-11-23-12-15-27(23)30(35)32(18-28(32)31(36)34-37)17-22-9-13-25(14-10-22)38-19-24-16-21(3)33-29-7-5-4-6-26(24)29/h4-7,9-10,13-14,16,20,23,27-28,37H,8,11-12,15,17-19H2,1-3H3,(H,34,36)/t23?,27?,28-,32+/m1/s1. The Morgan fingerprint density at radius 2 is 1.89 bits per heavy atom. The molecule has 2 N–H and O–H groups in total. The third-order valence-corrected chi connectivity index (χ3v) is 8.63. The fourth-order valence-electron chi connectivity index (χ4n) is 6.20. The number of carbonyl (C=O) groups excluding carboxylic acids is 2. The predicted molar refractivity (Wildman–Crippen MR) is 147 cm³/mol. The van der Waals surface area contributed by atoms with E-state index >= 15 is 0 Å². The molecule has 1 amide bonds. The van der Waals surface area contributed by atoms with E-state index in [1.54, 1.807) is 5.48 Å². The summed E-state index contributed by atoms with van der Waals surface area (Å²) >= 11 is 0. The average Bonchev–Trinajstić information content (AvgIpc) is 3.62. The first-order valence-electron chi connectivity index (χ1n) is 13.9. The number of aryl methyl sites for hydroxylation is 1. The lowest BCUT2D eigenvalue weighted by atomic mass is 9.65. The number of hydrogen-bond donors (Lipinski definition) is 2. The van der Waals surface area contributed by atoms with E-state index in [0.29, 0.717) is 31.3 Å². The van der Waals surface area contributed by atoms with Crippen LogP contribution in [0.3, 0.4) is 0 Å².